The van der Waals surface area contributed by atoms with Gasteiger partial charge in [-0.1, -0.05) is 0 Å². The number of ether oxygens (including phenoxy) is 3. The van der Waals surface area contributed by atoms with Crippen LogP contribution in [0.1, 0.15) is 24.9 Å². The van der Waals surface area contributed by atoms with Gasteiger partial charge in [-0.05, 0) is 25.1 Å². The van der Waals surface area contributed by atoms with Crippen LogP contribution >= 0.6 is 0 Å². The Morgan fingerprint density at radius 1 is 1.27 bits per heavy atom. The Labute approximate surface area is 129 Å². The lowest BCUT2D eigenvalue weighted by molar-refractivity contribution is -0.145. The smallest absolute Gasteiger partial charge is 0.310 e. The maximum atomic E-state index is 12.2. The number of carbonyl (C=O) groups is 2. The van der Waals surface area contributed by atoms with Crippen molar-refractivity contribution in [1.82, 2.24) is 4.90 Å². The van der Waals surface area contributed by atoms with Crippen molar-refractivity contribution in [3.05, 3.63) is 23.8 Å². The first-order valence-electron chi connectivity index (χ1n) is 7.11. The molecule has 2 rings (SSSR count). The van der Waals surface area contributed by atoms with E-state index in [0.717, 1.165) is 5.56 Å². The van der Waals surface area contributed by atoms with Crippen LogP contribution in [0.4, 0.5) is 0 Å². The number of amides is 1. The largest absolute Gasteiger partial charge is 0.497 e. The molecule has 120 valence electrons. The highest BCUT2D eigenvalue weighted by Crippen LogP contribution is 2.35. The van der Waals surface area contributed by atoms with Gasteiger partial charge in [0.05, 0.1) is 33.3 Å². The van der Waals surface area contributed by atoms with Crippen molar-refractivity contribution < 1.29 is 23.8 Å². The summed E-state index contributed by atoms with van der Waals surface area (Å²) in [6.45, 7) is 2.27. The highest BCUT2D eigenvalue weighted by Gasteiger charge is 2.38. The maximum absolute atomic E-state index is 12.2. The number of hydrogen-bond donors (Lipinski definition) is 0. The molecule has 1 saturated heterocycles. The van der Waals surface area contributed by atoms with Crippen molar-refractivity contribution in [2.75, 3.05) is 27.9 Å². The molecule has 0 N–H and O–H groups in total. The number of benzene rings is 1. The summed E-state index contributed by atoms with van der Waals surface area (Å²) in [6.07, 6.45) is 0.184. The van der Waals surface area contributed by atoms with Crippen LogP contribution in [-0.4, -0.2) is 44.7 Å². The lowest BCUT2D eigenvalue weighted by Crippen LogP contribution is -2.29. The van der Waals surface area contributed by atoms with Crippen molar-refractivity contribution in [3.63, 3.8) is 0 Å². The molecule has 22 heavy (non-hydrogen) atoms. The Balaban J connectivity index is 2.26. The summed E-state index contributed by atoms with van der Waals surface area (Å²) in [6, 6.07) is 5.25. The average molecular weight is 307 g/mol. The van der Waals surface area contributed by atoms with Crippen molar-refractivity contribution in [1.29, 1.82) is 0 Å². The molecule has 1 amide bonds. The molecule has 0 aliphatic carbocycles. The molecule has 6 nitrogen and oxygen atoms in total. The molecule has 1 aromatic rings. The minimum absolute atomic E-state index is 0.0622. The number of carbonyl (C=O) groups excluding carboxylic acids is 2. The van der Waals surface area contributed by atoms with Gasteiger partial charge in [0.25, 0.3) is 0 Å². The van der Waals surface area contributed by atoms with E-state index >= 15 is 0 Å². The summed E-state index contributed by atoms with van der Waals surface area (Å²) in [5.41, 5.74) is 0.848. The number of likely N-dealkylation sites (tertiary alicyclic amines) is 1. The predicted molar refractivity (Wildman–Crippen MR) is 79.8 cm³/mol. The van der Waals surface area contributed by atoms with Crippen LogP contribution in [0, 0.1) is 5.92 Å². The van der Waals surface area contributed by atoms with Gasteiger partial charge in [0, 0.05) is 18.5 Å². The Morgan fingerprint density at radius 2 is 2.00 bits per heavy atom. The van der Waals surface area contributed by atoms with Gasteiger partial charge in [-0.15, -0.1) is 0 Å². The zero-order valence-electron chi connectivity index (χ0n) is 13.3. The first-order valence-corrected chi connectivity index (χ1v) is 7.11. The molecule has 6 heteroatoms. The van der Waals surface area contributed by atoms with E-state index in [0.29, 0.717) is 18.0 Å². The molecule has 1 aliphatic rings. The molecule has 0 spiro atoms. The lowest BCUT2D eigenvalue weighted by atomic mass is 10.1. The first kappa shape index (κ1) is 16.1. The molecular weight excluding hydrogens is 286 g/mol. The molecule has 0 radical (unpaired) electrons. The zero-order valence-corrected chi connectivity index (χ0v) is 13.3. The van der Waals surface area contributed by atoms with E-state index in [-0.39, 0.29) is 24.3 Å². The van der Waals surface area contributed by atoms with Crippen LogP contribution in [-0.2, 0) is 14.3 Å². The molecule has 0 saturated carbocycles. The standard InChI is InChI=1S/C16H21NO5/c1-10(13-8-12(20-2)5-6-14(13)21-3)17-9-11(7-15(17)18)16(19)22-4/h5-6,8,10-11H,7,9H2,1-4H3. The van der Waals surface area contributed by atoms with E-state index in [1.165, 1.54) is 7.11 Å². The van der Waals surface area contributed by atoms with Gasteiger partial charge < -0.3 is 19.1 Å². The monoisotopic (exact) mass is 307 g/mol. The lowest BCUT2D eigenvalue weighted by Gasteiger charge is -2.26. The molecule has 2 unspecified atom stereocenters. The van der Waals surface area contributed by atoms with Crippen LogP contribution in [0.15, 0.2) is 18.2 Å². The summed E-state index contributed by atoms with van der Waals surface area (Å²) >= 11 is 0. The minimum Gasteiger partial charge on any atom is -0.497 e. The number of nitrogens with zero attached hydrogens (tertiary/aromatic N) is 1. The fourth-order valence-corrected chi connectivity index (χ4v) is 2.76. The molecule has 0 aromatic heterocycles. The molecular formula is C16H21NO5. The molecule has 1 fully saturated rings. The number of hydrogen-bond acceptors (Lipinski definition) is 5. The zero-order chi connectivity index (χ0) is 16.3. The van der Waals surface area contributed by atoms with Crippen molar-refractivity contribution in [3.8, 4) is 11.5 Å². The van der Waals surface area contributed by atoms with E-state index in [1.807, 2.05) is 19.1 Å². The Kier molecular flexibility index (Phi) is 4.90. The number of esters is 1. The highest BCUT2D eigenvalue weighted by atomic mass is 16.5. The Bertz CT molecular complexity index is 572. The Hall–Kier alpha value is -2.24. The summed E-state index contributed by atoms with van der Waals surface area (Å²) in [4.78, 5) is 25.5. The van der Waals surface area contributed by atoms with E-state index in [1.54, 1.807) is 25.2 Å². The maximum Gasteiger partial charge on any atom is 0.310 e. The van der Waals surface area contributed by atoms with Gasteiger partial charge in [0.15, 0.2) is 0 Å². The number of methoxy groups -OCH3 is 3. The third-order valence-electron chi connectivity index (χ3n) is 4.05. The fraction of sp³-hybridized carbons (Fsp3) is 0.500. The Morgan fingerprint density at radius 3 is 2.59 bits per heavy atom. The van der Waals surface area contributed by atoms with Crippen LogP contribution in [0.25, 0.3) is 0 Å². The normalized spacial score (nSPS) is 19.0. The van der Waals surface area contributed by atoms with Gasteiger partial charge in [0.1, 0.15) is 11.5 Å². The third-order valence-corrected chi connectivity index (χ3v) is 4.05. The summed E-state index contributed by atoms with van der Waals surface area (Å²) < 4.78 is 15.3. The van der Waals surface area contributed by atoms with Crippen molar-refractivity contribution in [2.45, 2.75) is 19.4 Å². The van der Waals surface area contributed by atoms with E-state index in [9.17, 15) is 9.59 Å². The molecule has 1 aromatic carbocycles. The second kappa shape index (κ2) is 6.68. The van der Waals surface area contributed by atoms with Crippen LogP contribution in [0.3, 0.4) is 0 Å². The quantitative estimate of drug-likeness (QED) is 0.776. The second-order valence-electron chi connectivity index (χ2n) is 5.25. The second-order valence-corrected chi connectivity index (χ2v) is 5.25. The van der Waals surface area contributed by atoms with Gasteiger partial charge in [-0.3, -0.25) is 9.59 Å². The third kappa shape index (κ3) is 3.00. The molecule has 0 bridgehead atoms. The predicted octanol–water partition coefficient (Wildman–Crippen LogP) is 1.79. The average Bonchev–Trinajstić information content (AvgIpc) is 2.94. The van der Waals surface area contributed by atoms with Gasteiger partial charge >= 0.3 is 5.97 Å². The highest BCUT2D eigenvalue weighted by molar-refractivity contribution is 5.87. The first-order chi connectivity index (χ1) is 10.5. The molecule has 2 atom stereocenters. The SMILES string of the molecule is COC(=O)C1CC(=O)N(C(C)c2cc(OC)ccc2OC)C1. The molecule has 1 heterocycles. The molecule has 1 aliphatic heterocycles. The minimum atomic E-state index is -0.406. The summed E-state index contributed by atoms with van der Waals surface area (Å²) in [7, 11) is 4.51. The number of rotatable bonds is 5. The van der Waals surface area contributed by atoms with Crippen molar-refractivity contribution in [2.24, 2.45) is 5.92 Å². The van der Waals surface area contributed by atoms with E-state index < -0.39 is 5.92 Å². The topological polar surface area (TPSA) is 65.1 Å². The van der Waals surface area contributed by atoms with Gasteiger partial charge in [0.2, 0.25) is 5.91 Å². The summed E-state index contributed by atoms with van der Waals surface area (Å²) in [5.74, 6) is 0.561. The van der Waals surface area contributed by atoms with Gasteiger partial charge in [-0.25, -0.2) is 0 Å². The van der Waals surface area contributed by atoms with Crippen molar-refractivity contribution >= 4 is 11.9 Å². The van der Waals surface area contributed by atoms with Crippen LogP contribution < -0.4 is 9.47 Å². The van der Waals surface area contributed by atoms with E-state index in [4.69, 9.17) is 14.2 Å². The fourth-order valence-electron chi connectivity index (χ4n) is 2.76. The van der Waals surface area contributed by atoms with Gasteiger partial charge in [-0.2, -0.15) is 0 Å². The summed E-state index contributed by atoms with van der Waals surface area (Å²) in [5, 5.41) is 0. The van der Waals surface area contributed by atoms with Crippen LogP contribution in [0.2, 0.25) is 0 Å². The van der Waals surface area contributed by atoms with Crippen LogP contribution in [0.5, 0.6) is 11.5 Å². The van der Waals surface area contributed by atoms with E-state index in [2.05, 4.69) is 0 Å².